The van der Waals surface area contributed by atoms with E-state index in [9.17, 15) is 15.8 Å². The van der Waals surface area contributed by atoms with E-state index in [1.807, 2.05) is 30.3 Å². The second kappa shape index (κ2) is 7.57. The van der Waals surface area contributed by atoms with E-state index >= 15 is 0 Å². The summed E-state index contributed by atoms with van der Waals surface area (Å²) in [5.41, 5.74) is 6.85. The lowest BCUT2D eigenvalue weighted by Gasteiger charge is -2.45. The zero-order valence-electron chi connectivity index (χ0n) is 15.1. The van der Waals surface area contributed by atoms with Crippen LogP contribution in [0, 0.1) is 45.3 Å². The quantitative estimate of drug-likeness (QED) is 0.803. The molecular weight excluding hydrogens is 402 g/mol. The van der Waals surface area contributed by atoms with Crippen molar-refractivity contribution in [3.05, 3.63) is 57.2 Å². The highest BCUT2D eigenvalue weighted by Gasteiger charge is 2.54. The molecule has 2 atom stereocenters. The Hall–Kier alpha value is -2.59. The number of fused-ring (bicyclic) bond motifs is 1. The Morgan fingerprint density at radius 2 is 2.04 bits per heavy atom. The number of nitrogens with zero attached hydrogens (tertiary/aromatic N) is 4. The third-order valence-electron chi connectivity index (χ3n) is 5.49. The van der Waals surface area contributed by atoms with Crippen LogP contribution in [0.2, 0.25) is 0 Å². The molecule has 1 aliphatic carbocycles. The first-order valence-electron chi connectivity index (χ1n) is 8.93. The fourth-order valence-corrected chi connectivity index (χ4v) is 4.73. The molecule has 0 amide bonds. The zero-order valence-corrected chi connectivity index (χ0v) is 16.7. The molecule has 2 N–H and O–H groups in total. The number of nitrogens with two attached hydrogens (primary N) is 1. The second-order valence-corrected chi connectivity index (χ2v) is 7.91. The van der Waals surface area contributed by atoms with Crippen molar-refractivity contribution in [1.82, 2.24) is 4.90 Å². The number of halogens is 1. The van der Waals surface area contributed by atoms with Crippen LogP contribution in [0.1, 0.15) is 24.8 Å². The van der Waals surface area contributed by atoms with Gasteiger partial charge in [-0.2, -0.15) is 15.8 Å². The molecule has 1 aromatic carbocycles. The second-order valence-electron chi connectivity index (χ2n) is 6.99. The molecule has 0 bridgehead atoms. The van der Waals surface area contributed by atoms with Gasteiger partial charge in [0.15, 0.2) is 5.41 Å². The molecular formula is C21H20BrN5. The molecule has 1 aliphatic heterocycles. The molecule has 136 valence electrons. The van der Waals surface area contributed by atoms with Gasteiger partial charge in [0.1, 0.15) is 6.07 Å². The predicted molar refractivity (Wildman–Crippen MR) is 106 cm³/mol. The van der Waals surface area contributed by atoms with Crippen molar-refractivity contribution in [3.8, 4) is 18.2 Å². The molecule has 27 heavy (non-hydrogen) atoms. The van der Waals surface area contributed by atoms with Gasteiger partial charge in [-0.25, -0.2) is 0 Å². The maximum absolute atomic E-state index is 10.0. The van der Waals surface area contributed by atoms with Gasteiger partial charge in [0.05, 0.1) is 23.4 Å². The van der Waals surface area contributed by atoms with E-state index in [4.69, 9.17) is 5.73 Å². The highest BCUT2D eigenvalue weighted by atomic mass is 79.9. The van der Waals surface area contributed by atoms with Gasteiger partial charge in [-0.15, -0.1) is 0 Å². The molecule has 5 nitrogen and oxygen atoms in total. The monoisotopic (exact) mass is 421 g/mol. The minimum atomic E-state index is -1.57. The molecule has 0 spiro atoms. The standard InChI is InChI=1S/C21H20BrN5/c1-2-7-27-8-6-16-17(10-23)20(26)21(12-24,13-25)19(18(16)11-27)14-4-3-5-15(22)9-14/h3-6,9,18-19H,2,7-8,11,26H2,1H3/t18-,19+/m0/s1. The Kier molecular flexibility index (Phi) is 5.38. The van der Waals surface area contributed by atoms with Crippen LogP contribution in [0.25, 0.3) is 0 Å². The first kappa shape index (κ1) is 19.2. The van der Waals surface area contributed by atoms with Crippen LogP contribution >= 0.6 is 15.9 Å². The molecule has 6 heteroatoms. The molecule has 2 aliphatic rings. The molecule has 0 fully saturated rings. The van der Waals surface area contributed by atoms with Crippen molar-refractivity contribution in [2.75, 3.05) is 19.6 Å². The first-order chi connectivity index (χ1) is 13.0. The van der Waals surface area contributed by atoms with Crippen LogP contribution in [-0.4, -0.2) is 24.5 Å². The topological polar surface area (TPSA) is 101 Å². The molecule has 0 aromatic heterocycles. The summed E-state index contributed by atoms with van der Waals surface area (Å²) in [4.78, 5) is 2.30. The van der Waals surface area contributed by atoms with Crippen molar-refractivity contribution in [2.45, 2.75) is 19.3 Å². The molecule has 3 rings (SSSR count). The van der Waals surface area contributed by atoms with Crippen LogP contribution in [0.15, 0.2) is 51.7 Å². The fourth-order valence-electron chi connectivity index (χ4n) is 4.31. The summed E-state index contributed by atoms with van der Waals surface area (Å²) in [5.74, 6) is -0.575. The van der Waals surface area contributed by atoms with Crippen molar-refractivity contribution >= 4 is 15.9 Å². The lowest BCUT2D eigenvalue weighted by atomic mass is 9.58. The SMILES string of the molecule is CCCN1CC=C2C(C#N)=C(N)C(C#N)(C#N)[C@H](c3cccc(Br)c3)[C@H]2C1. The lowest BCUT2D eigenvalue weighted by molar-refractivity contribution is 0.207. The largest absolute Gasteiger partial charge is 0.399 e. The van der Waals surface area contributed by atoms with Gasteiger partial charge in [0.2, 0.25) is 0 Å². The highest BCUT2D eigenvalue weighted by Crippen LogP contribution is 2.54. The Morgan fingerprint density at radius 1 is 1.30 bits per heavy atom. The van der Waals surface area contributed by atoms with Gasteiger partial charge in [0, 0.05) is 29.4 Å². The zero-order chi connectivity index (χ0) is 19.6. The maximum Gasteiger partial charge on any atom is 0.191 e. The van der Waals surface area contributed by atoms with E-state index in [1.165, 1.54) is 0 Å². The number of hydrogen-bond donors (Lipinski definition) is 1. The summed E-state index contributed by atoms with van der Waals surface area (Å²) in [7, 11) is 0. The molecule has 1 heterocycles. The average Bonchev–Trinajstić information content (AvgIpc) is 2.67. The Balaban J connectivity index is 2.27. The fraction of sp³-hybridized carbons (Fsp3) is 0.381. The molecule has 0 saturated heterocycles. The summed E-state index contributed by atoms with van der Waals surface area (Å²) in [6.07, 6.45) is 3.06. The third kappa shape index (κ3) is 3.04. The van der Waals surface area contributed by atoms with Crippen LogP contribution in [0.5, 0.6) is 0 Å². The van der Waals surface area contributed by atoms with E-state index in [2.05, 4.69) is 46.0 Å². The number of hydrogen-bond acceptors (Lipinski definition) is 5. The van der Waals surface area contributed by atoms with Crippen LogP contribution in [0.3, 0.4) is 0 Å². The van der Waals surface area contributed by atoms with Crippen LogP contribution in [0.4, 0.5) is 0 Å². The van der Waals surface area contributed by atoms with Crippen molar-refractivity contribution in [3.63, 3.8) is 0 Å². The Bertz CT molecular complexity index is 927. The lowest BCUT2D eigenvalue weighted by Crippen LogP contribution is -2.48. The Labute approximate surface area is 168 Å². The molecule has 1 aromatic rings. The van der Waals surface area contributed by atoms with Crippen molar-refractivity contribution < 1.29 is 0 Å². The van der Waals surface area contributed by atoms with Crippen LogP contribution in [-0.2, 0) is 0 Å². The smallest absolute Gasteiger partial charge is 0.191 e. The minimum absolute atomic E-state index is 0.0754. The predicted octanol–water partition coefficient (Wildman–Crippen LogP) is 3.58. The Morgan fingerprint density at radius 3 is 2.63 bits per heavy atom. The van der Waals surface area contributed by atoms with Gasteiger partial charge in [0.25, 0.3) is 0 Å². The van der Waals surface area contributed by atoms with E-state index in [1.54, 1.807) is 0 Å². The summed E-state index contributed by atoms with van der Waals surface area (Å²) in [6, 6.07) is 14.2. The van der Waals surface area contributed by atoms with E-state index in [-0.39, 0.29) is 11.6 Å². The number of nitriles is 3. The maximum atomic E-state index is 10.0. The normalized spacial score (nSPS) is 24.2. The van der Waals surface area contributed by atoms with E-state index < -0.39 is 11.3 Å². The van der Waals surface area contributed by atoms with E-state index in [0.717, 1.165) is 35.1 Å². The van der Waals surface area contributed by atoms with Gasteiger partial charge in [-0.1, -0.05) is 41.1 Å². The van der Waals surface area contributed by atoms with Crippen molar-refractivity contribution in [1.29, 1.82) is 15.8 Å². The first-order valence-corrected chi connectivity index (χ1v) is 9.72. The number of benzene rings is 1. The average molecular weight is 422 g/mol. The molecule has 0 radical (unpaired) electrons. The van der Waals surface area contributed by atoms with Gasteiger partial charge >= 0.3 is 0 Å². The van der Waals surface area contributed by atoms with Gasteiger partial charge < -0.3 is 5.73 Å². The van der Waals surface area contributed by atoms with Crippen LogP contribution < -0.4 is 5.73 Å². The summed E-state index contributed by atoms with van der Waals surface area (Å²) in [6.45, 7) is 4.49. The third-order valence-corrected chi connectivity index (χ3v) is 5.98. The van der Waals surface area contributed by atoms with Crippen molar-refractivity contribution in [2.24, 2.45) is 17.1 Å². The van der Waals surface area contributed by atoms with Gasteiger partial charge in [-0.05, 0) is 36.2 Å². The molecule has 0 saturated carbocycles. The van der Waals surface area contributed by atoms with Gasteiger partial charge in [-0.3, -0.25) is 4.90 Å². The molecule has 0 unspecified atom stereocenters. The minimum Gasteiger partial charge on any atom is -0.399 e. The van der Waals surface area contributed by atoms with E-state index in [0.29, 0.717) is 12.1 Å². The number of allylic oxidation sites excluding steroid dienone is 2. The summed E-state index contributed by atoms with van der Waals surface area (Å²) >= 11 is 3.49. The highest BCUT2D eigenvalue weighted by molar-refractivity contribution is 9.10. The summed E-state index contributed by atoms with van der Waals surface area (Å²) < 4.78 is 0.880. The number of rotatable bonds is 3. The summed E-state index contributed by atoms with van der Waals surface area (Å²) in [5, 5.41) is 29.8.